The van der Waals surface area contributed by atoms with E-state index in [1.54, 1.807) is 6.92 Å². The first kappa shape index (κ1) is 11.9. The van der Waals surface area contributed by atoms with Crippen molar-refractivity contribution in [2.75, 3.05) is 0 Å². The van der Waals surface area contributed by atoms with Crippen molar-refractivity contribution in [3.8, 4) is 5.75 Å². The van der Waals surface area contributed by atoms with Gasteiger partial charge in [-0.15, -0.1) is 0 Å². The van der Waals surface area contributed by atoms with Crippen LogP contribution < -0.4 is 4.74 Å². The highest BCUT2D eigenvalue weighted by molar-refractivity contribution is 5.72. The zero-order valence-corrected chi connectivity index (χ0v) is 8.71. The molecule has 0 aliphatic heterocycles. The predicted octanol–water partition coefficient (Wildman–Crippen LogP) is 1.15. The van der Waals surface area contributed by atoms with Crippen LogP contribution in [0.2, 0.25) is 0 Å². The Balaban J connectivity index is 3.04. The predicted molar refractivity (Wildman–Crippen MR) is 53.4 cm³/mol. The molecule has 1 aromatic heterocycles. The van der Waals surface area contributed by atoms with Crippen molar-refractivity contribution < 1.29 is 19.6 Å². The molecule has 1 rings (SSSR count). The molecule has 0 saturated heterocycles. The van der Waals surface area contributed by atoms with Crippen molar-refractivity contribution in [1.82, 2.24) is 4.98 Å². The van der Waals surface area contributed by atoms with E-state index < -0.39 is 22.8 Å². The van der Waals surface area contributed by atoms with Crippen LogP contribution >= 0.6 is 0 Å². The van der Waals surface area contributed by atoms with Crippen molar-refractivity contribution in [3.05, 3.63) is 27.9 Å². The Morgan fingerprint density at radius 1 is 1.62 bits per heavy atom. The van der Waals surface area contributed by atoms with Gasteiger partial charge in [0, 0.05) is 6.92 Å². The van der Waals surface area contributed by atoms with Crippen LogP contribution in [-0.2, 0) is 4.79 Å². The number of aliphatic carboxylic acids is 1. The number of rotatable bonds is 4. The summed E-state index contributed by atoms with van der Waals surface area (Å²) in [6.07, 6.45) is -1.16. The van der Waals surface area contributed by atoms with Gasteiger partial charge in [-0.3, -0.25) is 0 Å². The summed E-state index contributed by atoms with van der Waals surface area (Å²) in [5, 5.41) is 19.3. The average Bonchev–Trinajstić information content (AvgIpc) is 2.20. The van der Waals surface area contributed by atoms with Gasteiger partial charge in [0.15, 0.2) is 6.10 Å². The Morgan fingerprint density at radius 3 is 2.75 bits per heavy atom. The Kier molecular flexibility index (Phi) is 3.39. The van der Waals surface area contributed by atoms with Gasteiger partial charge in [-0.25, -0.2) is 4.79 Å². The number of carboxylic acids is 1. The number of ether oxygens (including phenoxy) is 1. The summed E-state index contributed by atoms with van der Waals surface area (Å²) in [7, 11) is 0. The van der Waals surface area contributed by atoms with Crippen molar-refractivity contribution in [2.24, 2.45) is 0 Å². The second-order valence-electron chi connectivity index (χ2n) is 3.13. The van der Waals surface area contributed by atoms with E-state index in [1.807, 2.05) is 0 Å². The maximum absolute atomic E-state index is 10.6. The number of aryl methyl sites for hydroxylation is 1. The smallest absolute Gasteiger partial charge is 0.406 e. The summed E-state index contributed by atoms with van der Waals surface area (Å²) >= 11 is 0. The third-order valence-electron chi connectivity index (χ3n) is 1.80. The van der Waals surface area contributed by atoms with E-state index in [1.165, 1.54) is 19.1 Å². The van der Waals surface area contributed by atoms with E-state index >= 15 is 0 Å². The summed E-state index contributed by atoms with van der Waals surface area (Å²) < 4.78 is 4.92. The van der Waals surface area contributed by atoms with E-state index in [2.05, 4.69) is 4.98 Å². The number of pyridine rings is 1. The third-order valence-corrected chi connectivity index (χ3v) is 1.80. The van der Waals surface area contributed by atoms with Crippen LogP contribution in [0.1, 0.15) is 12.6 Å². The number of carboxylic acid groups (broad SMARTS) is 1. The summed E-state index contributed by atoms with van der Waals surface area (Å²) in [5.41, 5.74) is 0.460. The van der Waals surface area contributed by atoms with E-state index in [4.69, 9.17) is 9.84 Å². The lowest BCUT2D eigenvalue weighted by atomic mass is 10.3. The number of hydrogen-bond acceptors (Lipinski definition) is 5. The lowest BCUT2D eigenvalue weighted by Crippen LogP contribution is -2.23. The van der Waals surface area contributed by atoms with Crippen LogP contribution in [-0.4, -0.2) is 27.1 Å². The fourth-order valence-electron chi connectivity index (χ4n) is 0.994. The molecule has 0 saturated carbocycles. The van der Waals surface area contributed by atoms with Gasteiger partial charge in [-0.05, 0) is 29.0 Å². The normalized spacial score (nSPS) is 11.9. The second kappa shape index (κ2) is 4.56. The molecule has 0 aliphatic carbocycles. The van der Waals surface area contributed by atoms with Gasteiger partial charge in [-0.2, -0.15) is 0 Å². The first-order chi connectivity index (χ1) is 7.41. The minimum Gasteiger partial charge on any atom is -0.479 e. The molecule has 1 atom stereocenters. The van der Waals surface area contributed by atoms with Crippen LogP contribution in [0.4, 0.5) is 5.82 Å². The monoisotopic (exact) mass is 226 g/mol. The summed E-state index contributed by atoms with van der Waals surface area (Å²) in [6.45, 7) is 2.88. The van der Waals surface area contributed by atoms with Crippen molar-refractivity contribution in [2.45, 2.75) is 20.0 Å². The van der Waals surface area contributed by atoms with Gasteiger partial charge in [0.05, 0.1) is 0 Å². The molecule has 0 aliphatic rings. The summed E-state index contributed by atoms with van der Waals surface area (Å²) in [6, 6.07) is 2.84. The Bertz CT molecular complexity index is 432. The largest absolute Gasteiger partial charge is 0.479 e. The van der Waals surface area contributed by atoms with Crippen molar-refractivity contribution in [3.63, 3.8) is 0 Å². The number of nitrogens with zero attached hydrogens (tertiary/aromatic N) is 2. The van der Waals surface area contributed by atoms with Gasteiger partial charge in [0.1, 0.15) is 5.69 Å². The van der Waals surface area contributed by atoms with Crippen molar-refractivity contribution >= 4 is 11.8 Å². The molecule has 0 spiro atoms. The fourth-order valence-corrected chi connectivity index (χ4v) is 0.994. The van der Waals surface area contributed by atoms with E-state index in [0.717, 1.165) is 0 Å². The third kappa shape index (κ3) is 2.66. The maximum atomic E-state index is 10.6. The fraction of sp³-hybridized carbons (Fsp3) is 0.333. The highest BCUT2D eigenvalue weighted by Crippen LogP contribution is 2.25. The molecule has 0 unspecified atom stereocenters. The SMILES string of the molecule is Cc1ccc(O[C@@H](C)C(=O)O)c([N+](=O)[O-])n1. The molecular weight excluding hydrogens is 216 g/mol. The number of carbonyl (C=O) groups is 1. The molecule has 0 aromatic carbocycles. The molecule has 7 nitrogen and oxygen atoms in total. The lowest BCUT2D eigenvalue weighted by molar-refractivity contribution is -0.390. The molecule has 1 N–H and O–H groups in total. The Hall–Kier alpha value is -2.18. The quantitative estimate of drug-likeness (QED) is 0.610. The summed E-state index contributed by atoms with van der Waals surface area (Å²) in [5.74, 6) is -1.83. The minimum atomic E-state index is -1.20. The molecule has 1 heterocycles. The second-order valence-corrected chi connectivity index (χ2v) is 3.13. The Morgan fingerprint density at radius 2 is 2.25 bits per heavy atom. The first-order valence-corrected chi connectivity index (χ1v) is 4.43. The molecule has 1 aromatic rings. The Labute approximate surface area is 90.8 Å². The van der Waals surface area contributed by atoms with Crippen LogP contribution in [0.3, 0.4) is 0 Å². The highest BCUT2D eigenvalue weighted by Gasteiger charge is 2.22. The van der Waals surface area contributed by atoms with Gasteiger partial charge in [0.2, 0.25) is 5.75 Å². The maximum Gasteiger partial charge on any atom is 0.406 e. The molecular formula is C9H10N2O5. The van der Waals surface area contributed by atoms with E-state index in [-0.39, 0.29) is 5.75 Å². The van der Waals surface area contributed by atoms with Gasteiger partial charge < -0.3 is 20.0 Å². The lowest BCUT2D eigenvalue weighted by Gasteiger charge is -2.09. The molecule has 0 radical (unpaired) electrons. The van der Waals surface area contributed by atoms with E-state index in [9.17, 15) is 14.9 Å². The number of hydrogen-bond donors (Lipinski definition) is 1. The van der Waals surface area contributed by atoms with Crippen LogP contribution in [0.15, 0.2) is 12.1 Å². The highest BCUT2D eigenvalue weighted by atomic mass is 16.6. The molecule has 0 fully saturated rings. The van der Waals surface area contributed by atoms with Crippen molar-refractivity contribution in [1.29, 1.82) is 0 Å². The molecule has 16 heavy (non-hydrogen) atoms. The zero-order chi connectivity index (χ0) is 12.3. The zero-order valence-electron chi connectivity index (χ0n) is 8.71. The van der Waals surface area contributed by atoms with Gasteiger partial charge >= 0.3 is 11.8 Å². The number of aromatic nitrogens is 1. The van der Waals surface area contributed by atoms with Crippen LogP contribution in [0.5, 0.6) is 5.75 Å². The first-order valence-electron chi connectivity index (χ1n) is 4.43. The average molecular weight is 226 g/mol. The standard InChI is InChI=1S/C9H10N2O5/c1-5-3-4-7(8(10-5)11(14)15)16-6(2)9(12)13/h3-4,6H,1-2H3,(H,12,13)/t6-/m0/s1. The topological polar surface area (TPSA) is 103 Å². The molecule has 7 heteroatoms. The summed E-state index contributed by atoms with van der Waals surface area (Å²) in [4.78, 5) is 24.1. The van der Waals surface area contributed by atoms with Gasteiger partial charge in [0.25, 0.3) is 0 Å². The number of nitro groups is 1. The minimum absolute atomic E-state index is 0.148. The van der Waals surface area contributed by atoms with Gasteiger partial charge in [-0.1, -0.05) is 0 Å². The molecule has 0 amide bonds. The molecule has 0 bridgehead atoms. The van der Waals surface area contributed by atoms with E-state index in [0.29, 0.717) is 5.69 Å². The van der Waals surface area contributed by atoms with Crippen LogP contribution in [0, 0.1) is 17.0 Å². The van der Waals surface area contributed by atoms with Crippen LogP contribution in [0.25, 0.3) is 0 Å². The molecule has 86 valence electrons.